The second-order valence-electron chi connectivity index (χ2n) is 4.76. The summed E-state index contributed by atoms with van der Waals surface area (Å²) in [5.74, 6) is -0.0490. The first kappa shape index (κ1) is 15.4. The predicted molar refractivity (Wildman–Crippen MR) is 70.3 cm³/mol. The maximum atomic E-state index is 11.5. The van der Waals surface area contributed by atoms with E-state index in [9.17, 15) is 4.79 Å². The highest BCUT2D eigenvalue weighted by molar-refractivity contribution is 5.72. The van der Waals surface area contributed by atoms with E-state index in [4.69, 9.17) is 15.2 Å². The molecule has 5 nitrogen and oxygen atoms in total. The van der Waals surface area contributed by atoms with Crippen molar-refractivity contribution in [3.63, 3.8) is 0 Å². The molecule has 0 amide bonds. The lowest BCUT2D eigenvalue weighted by atomic mass is 9.98. The van der Waals surface area contributed by atoms with Gasteiger partial charge in [-0.3, -0.25) is 4.79 Å². The van der Waals surface area contributed by atoms with Crippen molar-refractivity contribution in [3.8, 4) is 0 Å². The molecule has 1 rings (SSSR count). The molecule has 18 heavy (non-hydrogen) atoms. The fourth-order valence-electron chi connectivity index (χ4n) is 2.45. The molecule has 2 atom stereocenters. The van der Waals surface area contributed by atoms with E-state index in [1.54, 1.807) is 0 Å². The van der Waals surface area contributed by atoms with Gasteiger partial charge in [0.15, 0.2) is 0 Å². The third-order valence-corrected chi connectivity index (χ3v) is 3.47. The number of ether oxygens (including phenoxy) is 2. The molecular formula is C13H26N2O3. The molecule has 0 bridgehead atoms. The maximum absolute atomic E-state index is 11.5. The highest BCUT2D eigenvalue weighted by atomic mass is 16.5. The Balaban J connectivity index is 2.31. The molecule has 1 fully saturated rings. The minimum absolute atomic E-state index is 0.0344. The highest BCUT2D eigenvalue weighted by Gasteiger charge is 2.26. The number of hydrogen-bond acceptors (Lipinski definition) is 5. The fraction of sp³-hybridized carbons (Fsp3) is 0.923. The Morgan fingerprint density at radius 1 is 1.56 bits per heavy atom. The van der Waals surface area contributed by atoms with Gasteiger partial charge in [-0.15, -0.1) is 0 Å². The van der Waals surface area contributed by atoms with E-state index in [1.165, 1.54) is 7.11 Å². The Labute approximate surface area is 110 Å². The van der Waals surface area contributed by atoms with Crippen molar-refractivity contribution in [2.24, 2.45) is 11.7 Å². The number of likely N-dealkylation sites (tertiary alicyclic amines) is 1. The number of carbonyl (C=O) groups excluding carboxylic acids is 1. The Hall–Kier alpha value is -0.650. The van der Waals surface area contributed by atoms with Crippen LogP contribution in [0.25, 0.3) is 0 Å². The number of nitrogens with zero attached hydrogens (tertiary/aromatic N) is 1. The summed E-state index contributed by atoms with van der Waals surface area (Å²) in [4.78, 5) is 13.8. The summed E-state index contributed by atoms with van der Waals surface area (Å²) in [6.45, 7) is 6.04. The summed E-state index contributed by atoms with van der Waals surface area (Å²) in [6.07, 6.45) is 3.06. The van der Waals surface area contributed by atoms with Gasteiger partial charge in [0.1, 0.15) is 0 Å². The zero-order valence-corrected chi connectivity index (χ0v) is 11.6. The topological polar surface area (TPSA) is 64.8 Å². The van der Waals surface area contributed by atoms with E-state index in [1.807, 2.05) is 6.92 Å². The number of hydrogen-bond donors (Lipinski definition) is 1. The third-order valence-electron chi connectivity index (χ3n) is 3.47. The van der Waals surface area contributed by atoms with Crippen LogP contribution in [-0.2, 0) is 14.3 Å². The summed E-state index contributed by atoms with van der Waals surface area (Å²) in [6, 6.07) is 0. The lowest BCUT2D eigenvalue weighted by Gasteiger charge is -2.32. The SMILES string of the molecule is CCOC(CN)CCN1CCCC(C(=O)OC)C1. The number of esters is 1. The van der Waals surface area contributed by atoms with E-state index in [0.29, 0.717) is 13.2 Å². The number of methoxy groups -OCH3 is 1. The molecule has 0 radical (unpaired) electrons. The molecule has 1 saturated heterocycles. The van der Waals surface area contributed by atoms with Crippen LogP contribution in [0.5, 0.6) is 0 Å². The molecule has 1 heterocycles. The van der Waals surface area contributed by atoms with Gasteiger partial charge in [0, 0.05) is 26.2 Å². The van der Waals surface area contributed by atoms with Crippen molar-refractivity contribution in [2.75, 3.05) is 39.9 Å². The number of piperidine rings is 1. The molecule has 1 aliphatic rings. The van der Waals surface area contributed by atoms with Crippen LogP contribution in [0.15, 0.2) is 0 Å². The van der Waals surface area contributed by atoms with Crippen LogP contribution in [0.1, 0.15) is 26.2 Å². The van der Waals surface area contributed by atoms with E-state index >= 15 is 0 Å². The molecule has 0 saturated carbocycles. The largest absolute Gasteiger partial charge is 0.469 e. The molecule has 2 unspecified atom stereocenters. The number of carbonyl (C=O) groups is 1. The zero-order chi connectivity index (χ0) is 13.4. The van der Waals surface area contributed by atoms with Gasteiger partial charge < -0.3 is 20.1 Å². The quantitative estimate of drug-likeness (QED) is 0.678. The van der Waals surface area contributed by atoms with Crippen LogP contribution >= 0.6 is 0 Å². The molecule has 1 aliphatic heterocycles. The highest BCUT2D eigenvalue weighted by Crippen LogP contribution is 2.18. The molecule has 0 aromatic carbocycles. The van der Waals surface area contributed by atoms with Crippen molar-refractivity contribution < 1.29 is 14.3 Å². The van der Waals surface area contributed by atoms with Crippen molar-refractivity contribution in [2.45, 2.75) is 32.3 Å². The molecule has 5 heteroatoms. The van der Waals surface area contributed by atoms with Crippen LogP contribution in [-0.4, -0.2) is 56.9 Å². The summed E-state index contributed by atoms with van der Waals surface area (Å²) < 4.78 is 10.3. The standard InChI is InChI=1S/C13H26N2O3/c1-3-18-12(9-14)6-8-15-7-4-5-11(10-15)13(16)17-2/h11-12H,3-10,14H2,1-2H3. The lowest BCUT2D eigenvalue weighted by Crippen LogP contribution is -2.41. The van der Waals surface area contributed by atoms with Gasteiger partial charge in [0.25, 0.3) is 0 Å². The van der Waals surface area contributed by atoms with E-state index in [-0.39, 0.29) is 18.0 Å². The average molecular weight is 258 g/mol. The molecule has 106 valence electrons. The van der Waals surface area contributed by atoms with Crippen LogP contribution in [0, 0.1) is 5.92 Å². The number of nitrogens with two attached hydrogens (primary N) is 1. The first-order valence-corrected chi connectivity index (χ1v) is 6.83. The maximum Gasteiger partial charge on any atom is 0.309 e. The molecular weight excluding hydrogens is 232 g/mol. The Morgan fingerprint density at radius 3 is 2.94 bits per heavy atom. The van der Waals surface area contributed by atoms with E-state index < -0.39 is 0 Å². The van der Waals surface area contributed by atoms with Gasteiger partial charge in [-0.25, -0.2) is 0 Å². The van der Waals surface area contributed by atoms with Crippen LogP contribution in [0.2, 0.25) is 0 Å². The second-order valence-corrected chi connectivity index (χ2v) is 4.76. The first-order valence-electron chi connectivity index (χ1n) is 6.83. The second kappa shape index (κ2) is 8.45. The van der Waals surface area contributed by atoms with Gasteiger partial charge in [-0.1, -0.05) is 0 Å². The normalized spacial score (nSPS) is 22.7. The summed E-state index contributed by atoms with van der Waals surface area (Å²) in [7, 11) is 1.46. The van der Waals surface area contributed by atoms with Gasteiger partial charge in [0.05, 0.1) is 19.1 Å². The molecule has 0 spiro atoms. The lowest BCUT2D eigenvalue weighted by molar-refractivity contribution is -0.147. The van der Waals surface area contributed by atoms with Crippen molar-refractivity contribution in [1.29, 1.82) is 0 Å². The molecule has 0 aliphatic carbocycles. The summed E-state index contributed by atoms with van der Waals surface area (Å²) in [5.41, 5.74) is 5.65. The van der Waals surface area contributed by atoms with Gasteiger partial charge in [-0.2, -0.15) is 0 Å². The van der Waals surface area contributed by atoms with Crippen LogP contribution in [0.3, 0.4) is 0 Å². The Kier molecular flexibility index (Phi) is 7.23. The summed E-state index contributed by atoms with van der Waals surface area (Å²) >= 11 is 0. The van der Waals surface area contributed by atoms with E-state index in [2.05, 4.69) is 4.90 Å². The van der Waals surface area contributed by atoms with Gasteiger partial charge >= 0.3 is 5.97 Å². The van der Waals surface area contributed by atoms with Crippen LogP contribution in [0.4, 0.5) is 0 Å². The first-order chi connectivity index (χ1) is 8.71. The van der Waals surface area contributed by atoms with E-state index in [0.717, 1.165) is 38.9 Å². The number of rotatable bonds is 7. The Bertz CT molecular complexity index is 248. The minimum atomic E-state index is -0.0834. The smallest absolute Gasteiger partial charge is 0.309 e. The minimum Gasteiger partial charge on any atom is -0.469 e. The fourth-order valence-corrected chi connectivity index (χ4v) is 2.45. The van der Waals surface area contributed by atoms with Gasteiger partial charge in [-0.05, 0) is 32.7 Å². The average Bonchev–Trinajstić information content (AvgIpc) is 2.42. The Morgan fingerprint density at radius 2 is 2.33 bits per heavy atom. The van der Waals surface area contributed by atoms with Crippen molar-refractivity contribution >= 4 is 5.97 Å². The monoisotopic (exact) mass is 258 g/mol. The van der Waals surface area contributed by atoms with Crippen molar-refractivity contribution in [3.05, 3.63) is 0 Å². The molecule has 0 aromatic rings. The third kappa shape index (κ3) is 4.92. The zero-order valence-electron chi connectivity index (χ0n) is 11.6. The van der Waals surface area contributed by atoms with Gasteiger partial charge in [0.2, 0.25) is 0 Å². The predicted octanol–water partition coefficient (Wildman–Crippen LogP) is 0.625. The van der Waals surface area contributed by atoms with Crippen molar-refractivity contribution in [1.82, 2.24) is 4.90 Å². The molecule has 2 N–H and O–H groups in total. The molecule has 0 aromatic heterocycles. The van der Waals surface area contributed by atoms with Crippen LogP contribution < -0.4 is 5.73 Å². The summed E-state index contributed by atoms with van der Waals surface area (Å²) in [5, 5.41) is 0.